The number of amides is 1. The van der Waals surface area contributed by atoms with Crippen molar-refractivity contribution < 1.29 is 14.0 Å². The number of carbonyl (C=O) groups excluding carboxylic acids is 2. The van der Waals surface area contributed by atoms with Gasteiger partial charge in [-0.2, -0.15) is 0 Å². The minimum Gasteiger partial charge on any atom is -0.414 e. The lowest BCUT2D eigenvalue weighted by Crippen LogP contribution is -2.53. The van der Waals surface area contributed by atoms with Crippen LogP contribution in [0.15, 0.2) is 24.3 Å². The van der Waals surface area contributed by atoms with E-state index in [9.17, 15) is 9.59 Å². The molecule has 0 unspecified atom stereocenters. The van der Waals surface area contributed by atoms with Crippen molar-refractivity contribution >= 4 is 20.5 Å². The van der Waals surface area contributed by atoms with E-state index in [0.717, 1.165) is 24.7 Å². The standard InChI is InChI=1S/C20H33NO3Si/c1-16(23)21-20(5,15-24-25(6,7)19(2,3)4)13-12-17-8-10-18(14-22)11-9-17/h8-11,14H,12-13,15H2,1-7H3,(H,21,23)/t20-/m1/s1. The summed E-state index contributed by atoms with van der Waals surface area (Å²) in [6.07, 6.45) is 2.44. The second kappa shape index (κ2) is 8.28. The van der Waals surface area contributed by atoms with Gasteiger partial charge in [-0.1, -0.05) is 45.0 Å². The molecule has 25 heavy (non-hydrogen) atoms. The van der Waals surface area contributed by atoms with E-state index in [2.05, 4.69) is 39.2 Å². The minimum absolute atomic E-state index is 0.0439. The van der Waals surface area contributed by atoms with Gasteiger partial charge in [0, 0.05) is 12.5 Å². The van der Waals surface area contributed by atoms with E-state index in [1.165, 1.54) is 0 Å². The van der Waals surface area contributed by atoms with Gasteiger partial charge in [0.15, 0.2) is 8.32 Å². The van der Waals surface area contributed by atoms with Gasteiger partial charge >= 0.3 is 0 Å². The fraction of sp³-hybridized carbons (Fsp3) is 0.600. The Bertz CT molecular complexity index is 590. The Hall–Kier alpha value is -1.46. The fourth-order valence-corrected chi connectivity index (χ4v) is 3.45. The molecule has 0 aliphatic rings. The quantitative estimate of drug-likeness (QED) is 0.552. The van der Waals surface area contributed by atoms with Gasteiger partial charge < -0.3 is 9.74 Å². The average molecular weight is 364 g/mol. The van der Waals surface area contributed by atoms with Gasteiger partial charge in [-0.15, -0.1) is 0 Å². The summed E-state index contributed by atoms with van der Waals surface area (Å²) < 4.78 is 6.36. The topological polar surface area (TPSA) is 55.4 Å². The smallest absolute Gasteiger partial charge is 0.217 e. The predicted octanol–water partition coefficient (Wildman–Crippen LogP) is 4.35. The van der Waals surface area contributed by atoms with Crippen molar-refractivity contribution in [1.29, 1.82) is 0 Å². The molecule has 0 bridgehead atoms. The van der Waals surface area contributed by atoms with Crippen LogP contribution in [-0.2, 0) is 15.6 Å². The molecule has 0 aliphatic heterocycles. The highest BCUT2D eigenvalue weighted by Crippen LogP contribution is 2.37. The summed E-state index contributed by atoms with van der Waals surface area (Å²) in [6.45, 7) is 15.2. The molecule has 0 radical (unpaired) electrons. The molecule has 5 heteroatoms. The van der Waals surface area contributed by atoms with Crippen LogP contribution in [0.25, 0.3) is 0 Å². The van der Waals surface area contributed by atoms with Crippen molar-refractivity contribution in [3.05, 3.63) is 35.4 Å². The highest BCUT2D eigenvalue weighted by Gasteiger charge is 2.39. The third-order valence-corrected chi connectivity index (χ3v) is 9.60. The predicted molar refractivity (Wildman–Crippen MR) is 106 cm³/mol. The molecule has 0 spiro atoms. The molecular formula is C20H33NO3Si. The van der Waals surface area contributed by atoms with E-state index in [1.807, 2.05) is 31.2 Å². The van der Waals surface area contributed by atoms with Crippen LogP contribution >= 0.6 is 0 Å². The van der Waals surface area contributed by atoms with Gasteiger partial charge in [-0.05, 0) is 43.5 Å². The van der Waals surface area contributed by atoms with Gasteiger partial charge in [0.05, 0.1) is 12.1 Å². The Morgan fingerprint density at radius 2 is 1.72 bits per heavy atom. The van der Waals surface area contributed by atoms with Crippen molar-refractivity contribution in [3.8, 4) is 0 Å². The number of hydrogen-bond acceptors (Lipinski definition) is 3. The first-order valence-corrected chi connectivity index (χ1v) is 11.8. The molecule has 1 rings (SSSR count). The number of nitrogens with one attached hydrogen (secondary N) is 1. The maximum Gasteiger partial charge on any atom is 0.217 e. The van der Waals surface area contributed by atoms with Crippen molar-refractivity contribution in [2.24, 2.45) is 0 Å². The summed E-state index contributed by atoms with van der Waals surface area (Å²) in [4.78, 5) is 22.4. The molecule has 0 saturated heterocycles. The number of aryl methyl sites for hydroxylation is 1. The number of hydrogen-bond donors (Lipinski definition) is 1. The molecule has 0 fully saturated rings. The molecule has 1 atom stereocenters. The molecule has 0 aliphatic carbocycles. The summed E-state index contributed by atoms with van der Waals surface area (Å²) in [5, 5.41) is 3.21. The van der Waals surface area contributed by atoms with Crippen LogP contribution < -0.4 is 5.32 Å². The highest BCUT2D eigenvalue weighted by atomic mass is 28.4. The zero-order valence-corrected chi connectivity index (χ0v) is 17.7. The third-order valence-electron chi connectivity index (χ3n) is 5.12. The second-order valence-electron chi connectivity index (χ2n) is 8.65. The highest BCUT2D eigenvalue weighted by molar-refractivity contribution is 6.74. The van der Waals surface area contributed by atoms with Crippen molar-refractivity contribution in [2.75, 3.05) is 6.61 Å². The van der Waals surface area contributed by atoms with E-state index < -0.39 is 13.9 Å². The summed E-state index contributed by atoms with van der Waals surface area (Å²) >= 11 is 0. The zero-order valence-electron chi connectivity index (χ0n) is 16.7. The Labute approximate surface area is 153 Å². The van der Waals surface area contributed by atoms with Crippen LogP contribution in [-0.4, -0.2) is 32.7 Å². The lowest BCUT2D eigenvalue weighted by atomic mass is 9.93. The summed E-state index contributed by atoms with van der Waals surface area (Å²) in [5.74, 6) is -0.0439. The lowest BCUT2D eigenvalue weighted by molar-refractivity contribution is -0.121. The van der Waals surface area contributed by atoms with E-state index in [4.69, 9.17) is 4.43 Å². The molecule has 0 heterocycles. The zero-order chi connectivity index (χ0) is 19.3. The van der Waals surface area contributed by atoms with Gasteiger partial charge in [0.25, 0.3) is 0 Å². The number of aldehydes is 1. The Morgan fingerprint density at radius 1 is 1.16 bits per heavy atom. The van der Waals surface area contributed by atoms with Crippen LogP contribution in [0.1, 0.15) is 57.0 Å². The maximum atomic E-state index is 11.7. The SMILES string of the molecule is CC(=O)N[C@](C)(CCc1ccc(C=O)cc1)CO[Si](C)(C)C(C)(C)C. The van der Waals surface area contributed by atoms with Crippen LogP contribution in [0.2, 0.25) is 18.1 Å². The molecule has 4 nitrogen and oxygen atoms in total. The molecule has 1 N–H and O–H groups in total. The minimum atomic E-state index is -1.88. The fourth-order valence-electron chi connectivity index (χ4n) is 2.34. The first kappa shape index (κ1) is 21.6. The summed E-state index contributed by atoms with van der Waals surface area (Å²) in [7, 11) is -1.88. The van der Waals surface area contributed by atoms with E-state index in [0.29, 0.717) is 12.2 Å². The third kappa shape index (κ3) is 6.75. The maximum absolute atomic E-state index is 11.7. The van der Waals surface area contributed by atoms with E-state index >= 15 is 0 Å². The summed E-state index contributed by atoms with van der Waals surface area (Å²) in [5.41, 5.74) is 1.41. The molecule has 140 valence electrons. The van der Waals surface area contributed by atoms with E-state index in [1.54, 1.807) is 6.92 Å². The molecule has 1 aromatic carbocycles. The van der Waals surface area contributed by atoms with Gasteiger partial charge in [0.1, 0.15) is 6.29 Å². The monoisotopic (exact) mass is 363 g/mol. The molecule has 0 saturated carbocycles. The number of rotatable bonds is 8. The largest absolute Gasteiger partial charge is 0.414 e. The second-order valence-corrected chi connectivity index (χ2v) is 13.5. The Kier molecular flexibility index (Phi) is 7.14. The van der Waals surface area contributed by atoms with Gasteiger partial charge in [-0.3, -0.25) is 9.59 Å². The van der Waals surface area contributed by atoms with Crippen LogP contribution in [0.3, 0.4) is 0 Å². The first-order chi connectivity index (χ1) is 11.4. The molecule has 0 aromatic heterocycles. The molecule has 1 aromatic rings. The van der Waals surface area contributed by atoms with Crippen LogP contribution in [0, 0.1) is 0 Å². The van der Waals surface area contributed by atoms with Gasteiger partial charge in [0.2, 0.25) is 5.91 Å². The number of carbonyl (C=O) groups is 2. The lowest BCUT2D eigenvalue weighted by Gasteiger charge is -2.40. The molecule has 1 amide bonds. The normalized spacial score (nSPS) is 14.7. The van der Waals surface area contributed by atoms with Crippen LogP contribution in [0.5, 0.6) is 0 Å². The Balaban J connectivity index is 2.80. The van der Waals surface area contributed by atoms with Crippen molar-refractivity contribution in [2.45, 2.75) is 71.1 Å². The van der Waals surface area contributed by atoms with Crippen molar-refractivity contribution in [1.82, 2.24) is 5.32 Å². The number of benzene rings is 1. The summed E-state index contributed by atoms with van der Waals surface area (Å²) in [6, 6.07) is 7.58. The van der Waals surface area contributed by atoms with Gasteiger partial charge in [-0.25, -0.2) is 0 Å². The Morgan fingerprint density at radius 3 is 2.16 bits per heavy atom. The first-order valence-electron chi connectivity index (χ1n) is 8.85. The molecular weight excluding hydrogens is 330 g/mol. The van der Waals surface area contributed by atoms with Crippen LogP contribution in [0.4, 0.5) is 0 Å². The van der Waals surface area contributed by atoms with Crippen molar-refractivity contribution in [3.63, 3.8) is 0 Å². The van der Waals surface area contributed by atoms with E-state index in [-0.39, 0.29) is 10.9 Å². The average Bonchev–Trinajstić information content (AvgIpc) is 2.50.